The second-order valence-electron chi connectivity index (χ2n) is 8.56. The summed E-state index contributed by atoms with van der Waals surface area (Å²) in [7, 11) is 0. The van der Waals surface area contributed by atoms with Crippen molar-refractivity contribution >= 4 is 51.7 Å². The summed E-state index contributed by atoms with van der Waals surface area (Å²) in [6, 6.07) is 25.4. The molecular weight excluding hydrogens is 472 g/mol. The largest absolute Gasteiger partial charge is 0.478 e. The van der Waals surface area contributed by atoms with Crippen LogP contribution in [0.4, 0.5) is 11.4 Å². The molecule has 0 spiro atoms. The molecule has 0 bridgehead atoms. The molecule has 2 N–H and O–H groups in total. The van der Waals surface area contributed by atoms with Gasteiger partial charge < -0.3 is 15.3 Å². The van der Waals surface area contributed by atoms with Crippen LogP contribution in [0.5, 0.6) is 0 Å². The van der Waals surface area contributed by atoms with E-state index >= 15 is 0 Å². The number of hydrogen-bond donors (Lipinski definition) is 2. The summed E-state index contributed by atoms with van der Waals surface area (Å²) in [5, 5.41) is 13.5. The van der Waals surface area contributed by atoms with Crippen LogP contribution >= 0.6 is 11.8 Å². The average molecular weight is 497 g/mol. The highest BCUT2D eigenvalue weighted by Gasteiger charge is 2.22. The standard InChI is InChI=1S/C29H24N2O4S/c32-26(31-17-5-9-19-6-1-2-12-25(19)31)18-36-22-15-13-21(14-16-22)30-28(33)23-10-3-7-20-8-4-11-24(27(20)23)29(34)35/h1-4,6-8,10-16H,5,9,17-18H2,(H,30,33)(H,34,35). The van der Waals surface area contributed by atoms with E-state index in [1.807, 2.05) is 35.2 Å². The van der Waals surface area contributed by atoms with Gasteiger partial charge in [0.05, 0.1) is 11.3 Å². The first-order chi connectivity index (χ1) is 17.5. The first-order valence-electron chi connectivity index (χ1n) is 11.7. The Morgan fingerprint density at radius 2 is 1.58 bits per heavy atom. The van der Waals surface area contributed by atoms with Crippen molar-refractivity contribution in [2.45, 2.75) is 17.7 Å². The van der Waals surface area contributed by atoms with Crippen molar-refractivity contribution < 1.29 is 19.5 Å². The molecular formula is C29H24N2O4S. The van der Waals surface area contributed by atoms with Crippen LogP contribution in [-0.4, -0.2) is 35.2 Å². The highest BCUT2D eigenvalue weighted by atomic mass is 32.2. The number of amides is 2. The number of hydrogen-bond acceptors (Lipinski definition) is 4. The zero-order valence-corrected chi connectivity index (χ0v) is 20.3. The van der Waals surface area contributed by atoms with Crippen LogP contribution in [0.2, 0.25) is 0 Å². The monoisotopic (exact) mass is 496 g/mol. The Morgan fingerprint density at radius 3 is 2.33 bits per heavy atom. The number of carboxylic acids is 1. The molecule has 6 nitrogen and oxygen atoms in total. The SMILES string of the molecule is O=C(O)c1cccc2cccc(C(=O)Nc3ccc(SCC(=O)N4CCCc5ccccc54)cc3)c12. The molecule has 36 heavy (non-hydrogen) atoms. The van der Waals surface area contributed by atoms with Crippen LogP contribution in [0.3, 0.4) is 0 Å². The lowest BCUT2D eigenvalue weighted by Crippen LogP contribution is -2.36. The van der Waals surface area contributed by atoms with Gasteiger partial charge in [0.2, 0.25) is 5.91 Å². The third kappa shape index (κ3) is 4.83. The second kappa shape index (κ2) is 10.3. The molecule has 0 radical (unpaired) electrons. The lowest BCUT2D eigenvalue weighted by Gasteiger charge is -2.29. The Balaban J connectivity index is 1.25. The summed E-state index contributed by atoms with van der Waals surface area (Å²) >= 11 is 1.46. The number of para-hydroxylation sites is 1. The van der Waals surface area contributed by atoms with Crippen molar-refractivity contribution in [3.8, 4) is 0 Å². The molecule has 0 saturated heterocycles. The quantitative estimate of drug-likeness (QED) is 0.327. The summed E-state index contributed by atoms with van der Waals surface area (Å²) in [6.07, 6.45) is 1.96. The van der Waals surface area contributed by atoms with E-state index in [0.29, 0.717) is 27.8 Å². The van der Waals surface area contributed by atoms with Gasteiger partial charge in [-0.3, -0.25) is 9.59 Å². The molecule has 2 amide bonds. The fourth-order valence-corrected chi connectivity index (χ4v) is 5.33. The minimum Gasteiger partial charge on any atom is -0.478 e. The molecule has 0 atom stereocenters. The van der Waals surface area contributed by atoms with E-state index in [-0.39, 0.29) is 17.4 Å². The normalized spacial score (nSPS) is 12.7. The van der Waals surface area contributed by atoms with Gasteiger partial charge >= 0.3 is 5.97 Å². The maximum absolute atomic E-state index is 13.0. The molecule has 0 unspecified atom stereocenters. The zero-order chi connectivity index (χ0) is 25.1. The molecule has 0 saturated carbocycles. The minimum atomic E-state index is -1.08. The Morgan fingerprint density at radius 1 is 0.861 bits per heavy atom. The number of anilines is 2. The van der Waals surface area contributed by atoms with Crippen molar-refractivity contribution in [1.29, 1.82) is 0 Å². The molecule has 4 aromatic rings. The van der Waals surface area contributed by atoms with Crippen LogP contribution in [0.15, 0.2) is 89.8 Å². The molecule has 1 aliphatic rings. The fourth-order valence-electron chi connectivity index (χ4n) is 4.56. The van der Waals surface area contributed by atoms with Crippen LogP contribution in [0.1, 0.15) is 32.7 Å². The smallest absolute Gasteiger partial charge is 0.336 e. The maximum atomic E-state index is 13.0. The van der Waals surface area contributed by atoms with Gasteiger partial charge in [0.25, 0.3) is 5.91 Å². The Kier molecular flexibility index (Phi) is 6.73. The van der Waals surface area contributed by atoms with Crippen molar-refractivity contribution in [3.63, 3.8) is 0 Å². The third-order valence-electron chi connectivity index (χ3n) is 6.27. The van der Waals surface area contributed by atoms with E-state index in [2.05, 4.69) is 11.4 Å². The van der Waals surface area contributed by atoms with Crippen molar-refractivity contribution in [2.24, 2.45) is 0 Å². The molecule has 1 heterocycles. The van der Waals surface area contributed by atoms with Gasteiger partial charge in [-0.05, 0) is 66.3 Å². The van der Waals surface area contributed by atoms with E-state index in [0.717, 1.165) is 30.0 Å². The molecule has 7 heteroatoms. The topological polar surface area (TPSA) is 86.7 Å². The van der Waals surface area contributed by atoms with Crippen LogP contribution in [-0.2, 0) is 11.2 Å². The summed E-state index contributed by atoms with van der Waals surface area (Å²) in [5.74, 6) is -1.05. The van der Waals surface area contributed by atoms with E-state index in [9.17, 15) is 19.5 Å². The van der Waals surface area contributed by atoms with Crippen LogP contribution in [0, 0.1) is 0 Å². The Bertz CT molecular complexity index is 1460. The number of rotatable bonds is 6. The number of fused-ring (bicyclic) bond motifs is 2. The van der Waals surface area contributed by atoms with Gasteiger partial charge in [-0.25, -0.2) is 4.79 Å². The first-order valence-corrected chi connectivity index (χ1v) is 12.7. The lowest BCUT2D eigenvalue weighted by atomic mass is 9.98. The number of carbonyl (C=O) groups excluding carboxylic acids is 2. The number of carbonyl (C=O) groups is 3. The summed E-state index contributed by atoms with van der Waals surface area (Å²) < 4.78 is 0. The van der Waals surface area contributed by atoms with Gasteiger partial charge in [0, 0.05) is 33.8 Å². The zero-order valence-electron chi connectivity index (χ0n) is 19.4. The number of benzene rings is 4. The van der Waals surface area contributed by atoms with Gasteiger partial charge in [-0.2, -0.15) is 0 Å². The molecule has 0 fully saturated rings. The predicted molar refractivity (Wildman–Crippen MR) is 143 cm³/mol. The Hall–Kier alpha value is -4.10. The highest BCUT2D eigenvalue weighted by molar-refractivity contribution is 8.00. The minimum absolute atomic E-state index is 0.0784. The number of nitrogens with one attached hydrogen (secondary N) is 1. The van der Waals surface area contributed by atoms with Crippen LogP contribution in [0.25, 0.3) is 10.8 Å². The molecule has 4 aromatic carbocycles. The molecule has 0 aliphatic carbocycles. The molecule has 0 aromatic heterocycles. The molecule has 180 valence electrons. The number of aromatic carboxylic acids is 1. The fraction of sp³-hybridized carbons (Fsp3) is 0.138. The molecule has 1 aliphatic heterocycles. The van der Waals surface area contributed by atoms with Gasteiger partial charge in [0.1, 0.15) is 0 Å². The lowest BCUT2D eigenvalue weighted by molar-refractivity contribution is -0.116. The van der Waals surface area contributed by atoms with Gasteiger partial charge in [0.15, 0.2) is 0 Å². The summed E-state index contributed by atoms with van der Waals surface area (Å²) in [5.41, 5.74) is 3.20. The number of thioether (sulfide) groups is 1. The third-order valence-corrected chi connectivity index (χ3v) is 7.26. The van der Waals surface area contributed by atoms with Gasteiger partial charge in [-0.15, -0.1) is 11.8 Å². The number of aryl methyl sites for hydroxylation is 1. The van der Waals surface area contributed by atoms with Crippen molar-refractivity contribution in [1.82, 2.24) is 0 Å². The number of nitrogens with zero attached hydrogens (tertiary/aromatic N) is 1. The maximum Gasteiger partial charge on any atom is 0.336 e. The molecule has 5 rings (SSSR count). The second-order valence-corrected chi connectivity index (χ2v) is 9.61. The van der Waals surface area contributed by atoms with Crippen molar-refractivity contribution in [2.75, 3.05) is 22.5 Å². The summed E-state index contributed by atoms with van der Waals surface area (Å²) in [4.78, 5) is 40.4. The first kappa shape index (κ1) is 23.6. The highest BCUT2D eigenvalue weighted by Crippen LogP contribution is 2.29. The number of carboxylic acid groups (broad SMARTS) is 1. The predicted octanol–water partition coefficient (Wildman–Crippen LogP) is 5.86. The average Bonchev–Trinajstić information content (AvgIpc) is 2.91. The van der Waals surface area contributed by atoms with E-state index in [1.165, 1.54) is 23.4 Å². The summed E-state index contributed by atoms with van der Waals surface area (Å²) in [6.45, 7) is 0.735. The van der Waals surface area contributed by atoms with E-state index in [4.69, 9.17) is 0 Å². The van der Waals surface area contributed by atoms with E-state index in [1.54, 1.807) is 42.5 Å². The van der Waals surface area contributed by atoms with E-state index < -0.39 is 5.97 Å². The van der Waals surface area contributed by atoms with Crippen molar-refractivity contribution in [3.05, 3.63) is 102 Å². The van der Waals surface area contributed by atoms with Gasteiger partial charge in [-0.1, -0.05) is 42.5 Å². The Labute approximate surface area is 212 Å². The van der Waals surface area contributed by atoms with Crippen LogP contribution < -0.4 is 10.2 Å².